The molecule has 1 unspecified atom stereocenters. The highest BCUT2D eigenvalue weighted by Gasteiger charge is 2.26. The first kappa shape index (κ1) is 10.6. The van der Waals surface area contributed by atoms with Crippen molar-refractivity contribution in [3.05, 3.63) is 52.6 Å². The van der Waals surface area contributed by atoms with E-state index in [9.17, 15) is 0 Å². The molecule has 0 nitrogen and oxygen atoms in total. The number of fused-ring (bicyclic) bond motifs is 3. The minimum Gasteiger partial charge on any atom is -0.0625 e. The summed E-state index contributed by atoms with van der Waals surface area (Å²) in [5.41, 5.74) is 7.46. The fraction of sp³-hybridized carbons (Fsp3) is 0.294. The molecule has 0 radical (unpaired) electrons. The van der Waals surface area contributed by atoms with Crippen LogP contribution in [0.15, 0.2) is 35.9 Å². The molecule has 0 fully saturated rings. The maximum absolute atomic E-state index is 2.33. The summed E-state index contributed by atoms with van der Waals surface area (Å²) in [6.45, 7) is 9.10. The van der Waals surface area contributed by atoms with Gasteiger partial charge in [-0.2, -0.15) is 0 Å². The number of benzene rings is 2. The van der Waals surface area contributed by atoms with Crippen LogP contribution in [0.2, 0.25) is 0 Å². The van der Waals surface area contributed by atoms with Gasteiger partial charge in [0.1, 0.15) is 0 Å². The van der Waals surface area contributed by atoms with Crippen LogP contribution in [0.3, 0.4) is 0 Å². The van der Waals surface area contributed by atoms with Gasteiger partial charge in [0, 0.05) is 5.92 Å². The van der Waals surface area contributed by atoms with Crippen LogP contribution in [0, 0.1) is 6.92 Å². The Morgan fingerprint density at radius 3 is 2.47 bits per heavy atom. The number of rotatable bonds is 0. The summed E-state index contributed by atoms with van der Waals surface area (Å²) >= 11 is 0. The second-order valence-corrected chi connectivity index (χ2v) is 5.23. The molecule has 0 heterocycles. The van der Waals surface area contributed by atoms with Crippen LogP contribution >= 0.6 is 0 Å². The van der Waals surface area contributed by atoms with Crippen molar-refractivity contribution in [2.45, 2.75) is 33.6 Å². The van der Waals surface area contributed by atoms with E-state index in [1.54, 1.807) is 0 Å². The second-order valence-electron chi connectivity index (χ2n) is 5.23. The van der Waals surface area contributed by atoms with Crippen LogP contribution in [-0.4, -0.2) is 0 Å². The van der Waals surface area contributed by atoms with Gasteiger partial charge in [0.25, 0.3) is 0 Å². The summed E-state index contributed by atoms with van der Waals surface area (Å²) in [5, 5.41) is 2.80. The third kappa shape index (κ3) is 1.30. The van der Waals surface area contributed by atoms with E-state index in [1.807, 2.05) is 0 Å². The molecule has 1 aliphatic rings. The number of aryl methyl sites for hydroxylation is 1. The van der Waals surface area contributed by atoms with Crippen molar-refractivity contribution in [3.8, 4) is 0 Å². The summed E-state index contributed by atoms with van der Waals surface area (Å²) in [6, 6.07) is 11.1. The maximum Gasteiger partial charge on any atom is 0.00352 e. The van der Waals surface area contributed by atoms with E-state index < -0.39 is 0 Å². The highest BCUT2D eigenvalue weighted by Crippen LogP contribution is 2.46. The van der Waals surface area contributed by atoms with Crippen molar-refractivity contribution in [2.75, 3.05) is 0 Å². The topological polar surface area (TPSA) is 0 Å². The lowest BCUT2D eigenvalue weighted by Gasteiger charge is -2.13. The molecule has 0 aromatic heterocycles. The summed E-state index contributed by atoms with van der Waals surface area (Å²) in [5.74, 6) is 0.565. The van der Waals surface area contributed by atoms with Crippen LogP contribution in [0.5, 0.6) is 0 Å². The third-order valence-electron chi connectivity index (χ3n) is 4.34. The van der Waals surface area contributed by atoms with Crippen LogP contribution in [-0.2, 0) is 0 Å². The smallest absolute Gasteiger partial charge is 0.00352 e. The first-order chi connectivity index (χ1) is 8.11. The van der Waals surface area contributed by atoms with E-state index in [0.717, 1.165) is 0 Å². The minimum absolute atomic E-state index is 0.565. The molecule has 0 spiro atoms. The van der Waals surface area contributed by atoms with Crippen LogP contribution in [0.4, 0.5) is 0 Å². The summed E-state index contributed by atoms with van der Waals surface area (Å²) < 4.78 is 0. The van der Waals surface area contributed by atoms with Gasteiger partial charge in [-0.05, 0) is 53.8 Å². The predicted octanol–water partition coefficient (Wildman–Crippen LogP) is 5.06. The van der Waals surface area contributed by atoms with Crippen molar-refractivity contribution in [1.29, 1.82) is 0 Å². The van der Waals surface area contributed by atoms with Gasteiger partial charge in [-0.25, -0.2) is 0 Å². The zero-order chi connectivity index (χ0) is 12.2. The molecule has 0 saturated carbocycles. The zero-order valence-electron chi connectivity index (χ0n) is 11.0. The van der Waals surface area contributed by atoms with Gasteiger partial charge in [-0.15, -0.1) is 0 Å². The number of hydrogen-bond acceptors (Lipinski definition) is 0. The van der Waals surface area contributed by atoms with Crippen LogP contribution < -0.4 is 0 Å². The Labute approximate surface area is 103 Å². The van der Waals surface area contributed by atoms with E-state index in [-0.39, 0.29) is 0 Å². The van der Waals surface area contributed by atoms with Gasteiger partial charge in [-0.1, -0.05) is 42.8 Å². The van der Waals surface area contributed by atoms with Gasteiger partial charge in [0.05, 0.1) is 0 Å². The SMILES string of the molecule is CC1=C(C)C(C)c2c1c(C)cc1ccccc21. The van der Waals surface area contributed by atoms with Gasteiger partial charge >= 0.3 is 0 Å². The van der Waals surface area contributed by atoms with Gasteiger partial charge in [-0.3, -0.25) is 0 Å². The maximum atomic E-state index is 2.33. The van der Waals surface area contributed by atoms with Crippen molar-refractivity contribution in [3.63, 3.8) is 0 Å². The summed E-state index contributed by atoms with van der Waals surface area (Å²) in [6.07, 6.45) is 0. The molecule has 2 aromatic rings. The van der Waals surface area contributed by atoms with Gasteiger partial charge in [0.15, 0.2) is 0 Å². The van der Waals surface area contributed by atoms with Crippen LogP contribution in [0.1, 0.15) is 43.4 Å². The second kappa shape index (κ2) is 3.46. The molecule has 0 heteroatoms. The Bertz CT molecular complexity index is 644. The summed E-state index contributed by atoms with van der Waals surface area (Å²) in [7, 11) is 0. The van der Waals surface area contributed by atoms with Gasteiger partial charge < -0.3 is 0 Å². The molecule has 0 aliphatic heterocycles. The molecule has 2 aromatic carbocycles. The molecule has 1 atom stereocenters. The minimum atomic E-state index is 0.565. The molecule has 86 valence electrons. The highest BCUT2D eigenvalue weighted by molar-refractivity contribution is 5.95. The Hall–Kier alpha value is -1.56. The first-order valence-corrected chi connectivity index (χ1v) is 6.31. The average molecular weight is 222 g/mol. The number of hydrogen-bond donors (Lipinski definition) is 0. The van der Waals surface area contributed by atoms with Gasteiger partial charge in [0.2, 0.25) is 0 Å². The van der Waals surface area contributed by atoms with E-state index in [4.69, 9.17) is 0 Å². The normalized spacial score (nSPS) is 18.9. The molecular formula is C17H18. The fourth-order valence-electron chi connectivity index (χ4n) is 3.21. The van der Waals surface area contributed by atoms with E-state index in [2.05, 4.69) is 58.0 Å². The monoisotopic (exact) mass is 222 g/mol. The lowest BCUT2D eigenvalue weighted by molar-refractivity contribution is 0.928. The highest BCUT2D eigenvalue weighted by atomic mass is 14.3. The average Bonchev–Trinajstić information content (AvgIpc) is 2.55. The third-order valence-corrected chi connectivity index (χ3v) is 4.34. The van der Waals surface area contributed by atoms with E-state index in [1.165, 1.54) is 38.6 Å². The van der Waals surface area contributed by atoms with E-state index >= 15 is 0 Å². The van der Waals surface area contributed by atoms with Crippen molar-refractivity contribution in [1.82, 2.24) is 0 Å². The van der Waals surface area contributed by atoms with Crippen LogP contribution in [0.25, 0.3) is 16.3 Å². The lowest BCUT2D eigenvalue weighted by atomic mass is 9.90. The Morgan fingerprint density at radius 2 is 1.71 bits per heavy atom. The molecule has 17 heavy (non-hydrogen) atoms. The fourth-order valence-corrected chi connectivity index (χ4v) is 3.21. The zero-order valence-corrected chi connectivity index (χ0v) is 11.0. The quantitative estimate of drug-likeness (QED) is 0.584. The standard InChI is InChI=1S/C17H18/c1-10-9-14-7-5-6-8-15(14)17-13(4)11(2)12(3)16(10)17/h5-9,13H,1-4H3. The molecule has 0 saturated heterocycles. The molecule has 0 N–H and O–H groups in total. The lowest BCUT2D eigenvalue weighted by Crippen LogP contribution is -1.94. The Morgan fingerprint density at radius 1 is 1.00 bits per heavy atom. The molecule has 0 amide bonds. The van der Waals surface area contributed by atoms with E-state index in [0.29, 0.717) is 5.92 Å². The van der Waals surface area contributed by atoms with Crippen molar-refractivity contribution < 1.29 is 0 Å². The Kier molecular flexibility index (Phi) is 2.16. The van der Waals surface area contributed by atoms with Crippen molar-refractivity contribution in [2.24, 2.45) is 0 Å². The summed E-state index contributed by atoms with van der Waals surface area (Å²) in [4.78, 5) is 0. The largest absolute Gasteiger partial charge is 0.0625 e. The predicted molar refractivity (Wildman–Crippen MR) is 75.4 cm³/mol. The molecule has 1 aliphatic carbocycles. The first-order valence-electron chi connectivity index (χ1n) is 6.31. The number of allylic oxidation sites excluding steroid dienone is 2. The molecule has 0 bridgehead atoms. The Balaban J connectivity index is 2.48. The molecular weight excluding hydrogens is 204 g/mol. The van der Waals surface area contributed by atoms with Crippen molar-refractivity contribution >= 4 is 16.3 Å². The molecule has 3 rings (SSSR count).